The summed E-state index contributed by atoms with van der Waals surface area (Å²) in [5.74, 6) is 0.966. The number of ether oxygens (including phenoxy) is 3. The Kier molecular flexibility index (Phi) is 8.96. The molecule has 1 amide bonds. The van der Waals surface area contributed by atoms with Gasteiger partial charge < -0.3 is 28.6 Å². The van der Waals surface area contributed by atoms with Gasteiger partial charge in [-0.1, -0.05) is 19.9 Å². The first-order valence-electron chi connectivity index (χ1n) is 13.3. The molecule has 39 heavy (non-hydrogen) atoms. The second-order valence-electron chi connectivity index (χ2n) is 9.63. The molecule has 0 spiro atoms. The molecule has 1 saturated heterocycles. The van der Waals surface area contributed by atoms with Gasteiger partial charge in [-0.25, -0.2) is 0 Å². The van der Waals surface area contributed by atoms with Gasteiger partial charge in [-0.3, -0.25) is 9.59 Å². The van der Waals surface area contributed by atoms with Crippen molar-refractivity contribution < 1.29 is 33.3 Å². The molecule has 4 rings (SSSR count). The summed E-state index contributed by atoms with van der Waals surface area (Å²) < 4.78 is 22.8. The molecule has 8 nitrogen and oxygen atoms in total. The van der Waals surface area contributed by atoms with Gasteiger partial charge in [-0.15, -0.1) is 0 Å². The Labute approximate surface area is 228 Å². The minimum absolute atomic E-state index is 0.00774. The van der Waals surface area contributed by atoms with E-state index in [1.165, 1.54) is 11.2 Å². The maximum Gasteiger partial charge on any atom is 0.296 e. The summed E-state index contributed by atoms with van der Waals surface area (Å²) in [6, 6.07) is 14.7. The number of Topliss-reactive ketones (excluding diaryl/α,β-unsaturated/α-hetero) is 1. The van der Waals surface area contributed by atoms with Gasteiger partial charge in [-0.2, -0.15) is 0 Å². The quantitative estimate of drug-likeness (QED) is 0.170. The molecular weight excluding hydrogens is 498 g/mol. The Balaban J connectivity index is 1.79. The third kappa shape index (κ3) is 6.28. The predicted octanol–water partition coefficient (Wildman–Crippen LogP) is 6.12. The van der Waals surface area contributed by atoms with E-state index in [9.17, 15) is 14.7 Å². The fraction of sp³-hybridized carbons (Fsp3) is 0.355. The van der Waals surface area contributed by atoms with Crippen LogP contribution in [0.3, 0.4) is 0 Å². The first-order chi connectivity index (χ1) is 18.8. The van der Waals surface area contributed by atoms with E-state index in [4.69, 9.17) is 18.6 Å². The number of carbonyl (C=O) groups excluding carboxylic acids is 2. The van der Waals surface area contributed by atoms with Gasteiger partial charge in [0.1, 0.15) is 17.3 Å². The van der Waals surface area contributed by atoms with Crippen LogP contribution in [0.2, 0.25) is 0 Å². The lowest BCUT2D eigenvalue weighted by atomic mass is 9.95. The minimum atomic E-state index is -0.870. The molecule has 206 valence electrons. The summed E-state index contributed by atoms with van der Waals surface area (Å²) in [5.41, 5.74) is 0.998. The van der Waals surface area contributed by atoms with Gasteiger partial charge in [0.05, 0.1) is 44.2 Å². The zero-order chi connectivity index (χ0) is 27.9. The normalized spacial score (nSPS) is 16.6. The number of nitrogens with zero attached hydrogens (tertiary/aromatic N) is 1. The summed E-state index contributed by atoms with van der Waals surface area (Å²) in [5, 5.41) is 11.4. The number of aliphatic hydroxyl groups excluding tert-OH is 1. The summed E-state index contributed by atoms with van der Waals surface area (Å²) in [6.07, 6.45) is 2.40. The van der Waals surface area contributed by atoms with E-state index in [0.29, 0.717) is 59.9 Å². The maximum absolute atomic E-state index is 13.4. The lowest BCUT2D eigenvalue weighted by Crippen LogP contribution is -2.29. The number of hydrogen-bond donors (Lipinski definition) is 1. The van der Waals surface area contributed by atoms with Crippen molar-refractivity contribution in [3.8, 4) is 17.2 Å². The highest BCUT2D eigenvalue weighted by Crippen LogP contribution is 2.43. The van der Waals surface area contributed by atoms with Crippen LogP contribution in [0.15, 0.2) is 70.9 Å². The molecule has 1 unspecified atom stereocenters. The monoisotopic (exact) mass is 533 g/mol. The Morgan fingerprint density at radius 1 is 0.974 bits per heavy atom. The Bertz CT molecular complexity index is 1310. The molecule has 8 heteroatoms. The predicted molar refractivity (Wildman–Crippen MR) is 147 cm³/mol. The molecule has 2 aromatic carbocycles. The number of benzene rings is 2. The average molecular weight is 534 g/mol. The highest BCUT2D eigenvalue weighted by molar-refractivity contribution is 6.46. The van der Waals surface area contributed by atoms with Gasteiger partial charge in [-0.05, 0) is 80.3 Å². The van der Waals surface area contributed by atoms with Crippen LogP contribution in [-0.4, -0.2) is 41.5 Å². The van der Waals surface area contributed by atoms with Crippen LogP contribution in [0.4, 0.5) is 0 Å². The molecule has 1 aliphatic rings. The van der Waals surface area contributed by atoms with Crippen molar-refractivity contribution in [2.75, 3.05) is 19.8 Å². The number of rotatable bonds is 12. The molecule has 0 saturated carbocycles. The molecule has 3 aromatic rings. The number of furan rings is 1. The lowest BCUT2D eigenvalue weighted by molar-refractivity contribution is -0.140. The number of hydrogen-bond acceptors (Lipinski definition) is 7. The van der Waals surface area contributed by atoms with Crippen molar-refractivity contribution in [1.82, 2.24) is 4.90 Å². The highest BCUT2D eigenvalue weighted by atomic mass is 16.5. The molecule has 1 N–H and O–H groups in total. The van der Waals surface area contributed by atoms with Gasteiger partial charge in [0.25, 0.3) is 11.7 Å². The van der Waals surface area contributed by atoms with E-state index in [2.05, 4.69) is 13.8 Å². The molecule has 0 bridgehead atoms. The third-order valence-corrected chi connectivity index (χ3v) is 6.42. The van der Waals surface area contributed by atoms with Crippen LogP contribution in [-0.2, 0) is 16.1 Å². The van der Waals surface area contributed by atoms with Crippen LogP contribution >= 0.6 is 0 Å². The molecular formula is C31H35NO7. The Morgan fingerprint density at radius 3 is 2.36 bits per heavy atom. The summed E-state index contributed by atoms with van der Waals surface area (Å²) in [7, 11) is 0. The number of aliphatic hydroxyl groups is 1. The van der Waals surface area contributed by atoms with E-state index in [1.807, 2.05) is 13.8 Å². The van der Waals surface area contributed by atoms with Crippen LogP contribution in [0.1, 0.15) is 57.0 Å². The topological polar surface area (TPSA) is 98.4 Å². The summed E-state index contributed by atoms with van der Waals surface area (Å²) in [4.78, 5) is 28.1. The van der Waals surface area contributed by atoms with Gasteiger partial charge in [0.15, 0.2) is 11.5 Å². The fourth-order valence-corrected chi connectivity index (χ4v) is 4.48. The van der Waals surface area contributed by atoms with Crippen LogP contribution in [0.5, 0.6) is 17.2 Å². The van der Waals surface area contributed by atoms with E-state index in [0.717, 1.165) is 6.42 Å². The molecule has 1 fully saturated rings. The molecule has 1 aromatic heterocycles. The van der Waals surface area contributed by atoms with Crippen LogP contribution in [0, 0.1) is 5.92 Å². The number of carbonyl (C=O) groups is 2. The largest absolute Gasteiger partial charge is 0.507 e. The van der Waals surface area contributed by atoms with E-state index in [-0.39, 0.29) is 17.9 Å². The van der Waals surface area contributed by atoms with Gasteiger partial charge >= 0.3 is 0 Å². The maximum atomic E-state index is 13.4. The average Bonchev–Trinajstić information content (AvgIpc) is 3.52. The van der Waals surface area contributed by atoms with Crippen molar-refractivity contribution >= 4 is 17.4 Å². The van der Waals surface area contributed by atoms with Crippen molar-refractivity contribution in [2.45, 2.75) is 46.7 Å². The summed E-state index contributed by atoms with van der Waals surface area (Å²) in [6.45, 7) is 9.51. The highest BCUT2D eigenvalue weighted by Gasteiger charge is 2.46. The summed E-state index contributed by atoms with van der Waals surface area (Å²) >= 11 is 0. The molecule has 0 radical (unpaired) electrons. The number of ketones is 1. The van der Waals surface area contributed by atoms with Crippen molar-refractivity contribution in [2.24, 2.45) is 5.92 Å². The third-order valence-electron chi connectivity index (χ3n) is 6.42. The smallest absolute Gasteiger partial charge is 0.296 e. The van der Waals surface area contributed by atoms with Gasteiger partial charge in [0.2, 0.25) is 0 Å². The van der Waals surface area contributed by atoms with Crippen LogP contribution < -0.4 is 14.2 Å². The standard InChI is InChI=1S/C31H35NO7/c1-5-36-23-12-9-21(10-13-23)29(33)27-28(32(31(35)30(27)34)19-24-8-7-16-38-24)22-11-14-25(26(18-22)37-6-2)39-17-15-20(3)4/h7-14,16,18,20,28,33H,5-6,15,17,19H2,1-4H3/b29-27+. The Hall–Kier alpha value is -4.20. The second-order valence-corrected chi connectivity index (χ2v) is 9.63. The number of likely N-dealkylation sites (tertiary alicyclic amines) is 1. The molecule has 0 aliphatic carbocycles. The van der Waals surface area contributed by atoms with Crippen molar-refractivity contribution in [3.63, 3.8) is 0 Å². The zero-order valence-corrected chi connectivity index (χ0v) is 22.8. The minimum Gasteiger partial charge on any atom is -0.507 e. The zero-order valence-electron chi connectivity index (χ0n) is 22.8. The lowest BCUT2D eigenvalue weighted by Gasteiger charge is -2.25. The first kappa shape index (κ1) is 27.8. The van der Waals surface area contributed by atoms with Crippen LogP contribution in [0.25, 0.3) is 5.76 Å². The SMILES string of the molecule is CCOc1ccc(/C(O)=C2\C(=O)C(=O)N(Cc3ccco3)C2c2ccc(OCCC(C)C)c(OCC)c2)cc1. The molecule has 1 aliphatic heterocycles. The van der Waals surface area contributed by atoms with E-state index >= 15 is 0 Å². The van der Waals surface area contributed by atoms with Crippen molar-refractivity contribution in [1.29, 1.82) is 0 Å². The number of amides is 1. The van der Waals surface area contributed by atoms with E-state index in [1.54, 1.807) is 54.6 Å². The van der Waals surface area contributed by atoms with Gasteiger partial charge in [0, 0.05) is 5.56 Å². The Morgan fingerprint density at radius 2 is 1.72 bits per heavy atom. The molecule has 2 heterocycles. The fourth-order valence-electron chi connectivity index (χ4n) is 4.48. The first-order valence-corrected chi connectivity index (χ1v) is 13.3. The van der Waals surface area contributed by atoms with E-state index < -0.39 is 17.7 Å². The molecule has 1 atom stereocenters. The van der Waals surface area contributed by atoms with Crippen molar-refractivity contribution in [3.05, 3.63) is 83.3 Å². The second kappa shape index (κ2) is 12.6.